The molecular weight excluding hydrogens is 355 g/mol. The molecule has 0 amide bonds. The van der Waals surface area contributed by atoms with Gasteiger partial charge in [-0.25, -0.2) is 0 Å². The zero-order valence-electron chi connectivity index (χ0n) is 12.8. The first-order valence-corrected chi connectivity index (χ1v) is 7.26. The SMILES string of the molecule is C=CCCCCCCCCOC(F)(F)C(F)(F)C(F)(F)C(F)(F)F. The van der Waals surface area contributed by atoms with Crippen LogP contribution in [0.4, 0.5) is 39.5 Å². The van der Waals surface area contributed by atoms with Crippen LogP contribution < -0.4 is 0 Å². The third kappa shape index (κ3) is 5.86. The molecule has 0 N–H and O–H groups in total. The van der Waals surface area contributed by atoms with Crippen molar-refractivity contribution >= 4 is 0 Å². The van der Waals surface area contributed by atoms with Gasteiger partial charge in [-0.3, -0.25) is 0 Å². The highest BCUT2D eigenvalue weighted by Gasteiger charge is 2.82. The fourth-order valence-electron chi connectivity index (χ4n) is 1.75. The van der Waals surface area contributed by atoms with Gasteiger partial charge in [0, 0.05) is 0 Å². The first-order valence-electron chi connectivity index (χ1n) is 7.26. The fourth-order valence-corrected chi connectivity index (χ4v) is 1.75. The maximum atomic E-state index is 13.0. The third-order valence-corrected chi connectivity index (χ3v) is 3.20. The van der Waals surface area contributed by atoms with Gasteiger partial charge in [0.05, 0.1) is 6.61 Å². The van der Waals surface area contributed by atoms with Gasteiger partial charge >= 0.3 is 24.1 Å². The number of ether oxygens (including phenoxy) is 1. The number of rotatable bonds is 12. The predicted molar refractivity (Wildman–Crippen MR) is 69.4 cm³/mol. The summed E-state index contributed by atoms with van der Waals surface area (Å²) in [6.45, 7) is 2.47. The number of alkyl halides is 9. The lowest BCUT2D eigenvalue weighted by Gasteiger charge is -2.33. The Balaban J connectivity index is 4.32. The summed E-state index contributed by atoms with van der Waals surface area (Å²) in [6.07, 6.45) is -7.03. The summed E-state index contributed by atoms with van der Waals surface area (Å²) >= 11 is 0. The molecule has 0 bridgehead atoms. The van der Waals surface area contributed by atoms with Gasteiger partial charge in [-0.2, -0.15) is 39.5 Å². The van der Waals surface area contributed by atoms with E-state index in [1.165, 1.54) is 0 Å². The quantitative estimate of drug-likeness (QED) is 0.220. The van der Waals surface area contributed by atoms with Gasteiger partial charge in [0.25, 0.3) is 0 Å². The minimum Gasteiger partial charge on any atom is -0.316 e. The van der Waals surface area contributed by atoms with Crippen molar-refractivity contribution in [3.8, 4) is 0 Å². The zero-order chi connectivity index (χ0) is 19.1. The van der Waals surface area contributed by atoms with Crippen LogP contribution in [0, 0.1) is 0 Å². The number of halogens is 9. The summed E-state index contributed by atoms with van der Waals surface area (Å²) in [7, 11) is 0. The van der Waals surface area contributed by atoms with Crippen LogP contribution in [-0.2, 0) is 4.74 Å². The second-order valence-electron chi connectivity index (χ2n) is 5.21. The second kappa shape index (κ2) is 8.96. The molecule has 0 saturated heterocycles. The molecule has 0 rings (SSSR count). The first-order chi connectivity index (χ1) is 10.8. The molecular formula is C14H19F9O. The van der Waals surface area contributed by atoms with Crippen molar-refractivity contribution in [3.05, 3.63) is 12.7 Å². The van der Waals surface area contributed by atoms with Gasteiger partial charge in [0.1, 0.15) is 0 Å². The fraction of sp³-hybridized carbons (Fsp3) is 0.857. The number of hydrogen-bond acceptors (Lipinski definition) is 1. The van der Waals surface area contributed by atoms with E-state index in [1.807, 2.05) is 0 Å². The standard InChI is InChI=1S/C14H19F9O/c1-2-3-4-5-6-7-8-9-10-24-14(22,23)12(17,18)11(15,16)13(19,20)21/h2H,1,3-10H2. The van der Waals surface area contributed by atoms with E-state index in [4.69, 9.17) is 0 Å². The van der Waals surface area contributed by atoms with E-state index in [9.17, 15) is 39.5 Å². The molecule has 0 atom stereocenters. The van der Waals surface area contributed by atoms with Crippen molar-refractivity contribution in [2.75, 3.05) is 6.61 Å². The van der Waals surface area contributed by atoms with Gasteiger partial charge in [0.2, 0.25) is 0 Å². The molecule has 0 saturated carbocycles. The Morgan fingerprint density at radius 2 is 1.12 bits per heavy atom. The molecule has 0 spiro atoms. The van der Waals surface area contributed by atoms with Crippen LogP contribution in [-0.4, -0.2) is 30.7 Å². The Kier molecular flexibility index (Phi) is 8.61. The Hall–Kier alpha value is -0.930. The van der Waals surface area contributed by atoms with Crippen molar-refractivity contribution in [3.63, 3.8) is 0 Å². The molecule has 144 valence electrons. The molecule has 0 heterocycles. The van der Waals surface area contributed by atoms with Crippen molar-refractivity contribution in [2.45, 2.75) is 69.1 Å². The van der Waals surface area contributed by atoms with Crippen LogP contribution in [0.5, 0.6) is 0 Å². The minimum absolute atomic E-state index is 0.162. The smallest absolute Gasteiger partial charge is 0.316 e. The normalized spacial score (nSPS) is 14.0. The lowest BCUT2D eigenvalue weighted by atomic mass is 10.1. The average Bonchev–Trinajstić information content (AvgIpc) is 2.43. The summed E-state index contributed by atoms with van der Waals surface area (Å²) in [4.78, 5) is 0. The van der Waals surface area contributed by atoms with Gasteiger partial charge in [-0.1, -0.05) is 31.8 Å². The van der Waals surface area contributed by atoms with Crippen molar-refractivity contribution in [1.29, 1.82) is 0 Å². The minimum atomic E-state index is -6.91. The molecule has 0 aliphatic heterocycles. The summed E-state index contributed by atoms with van der Waals surface area (Å²) in [5.74, 6) is -13.6. The molecule has 0 aliphatic rings. The highest BCUT2D eigenvalue weighted by atomic mass is 19.4. The molecule has 0 unspecified atom stereocenters. The highest BCUT2D eigenvalue weighted by Crippen LogP contribution is 2.53. The van der Waals surface area contributed by atoms with Gasteiger partial charge in [0.15, 0.2) is 0 Å². The lowest BCUT2D eigenvalue weighted by molar-refractivity contribution is -0.444. The van der Waals surface area contributed by atoms with Gasteiger partial charge < -0.3 is 4.74 Å². The Morgan fingerprint density at radius 3 is 1.58 bits per heavy atom. The third-order valence-electron chi connectivity index (χ3n) is 3.20. The molecule has 0 fully saturated rings. The monoisotopic (exact) mass is 374 g/mol. The van der Waals surface area contributed by atoms with E-state index in [0.717, 1.165) is 25.7 Å². The number of hydrogen-bond donors (Lipinski definition) is 0. The molecule has 0 aliphatic carbocycles. The Morgan fingerprint density at radius 1 is 0.667 bits per heavy atom. The van der Waals surface area contributed by atoms with Crippen molar-refractivity contribution < 1.29 is 44.3 Å². The second-order valence-corrected chi connectivity index (χ2v) is 5.21. The van der Waals surface area contributed by atoms with Crippen molar-refractivity contribution in [2.24, 2.45) is 0 Å². The molecule has 0 radical (unpaired) electrons. The summed E-state index contributed by atoms with van der Waals surface area (Å²) < 4.78 is 116. The maximum absolute atomic E-state index is 13.0. The van der Waals surface area contributed by atoms with Crippen LogP contribution in [0.1, 0.15) is 44.9 Å². The topological polar surface area (TPSA) is 9.23 Å². The van der Waals surface area contributed by atoms with Gasteiger partial charge in [-0.05, 0) is 19.3 Å². The largest absolute Gasteiger partial charge is 0.460 e. The highest BCUT2D eigenvalue weighted by molar-refractivity contribution is 4.96. The van der Waals surface area contributed by atoms with E-state index in [0.29, 0.717) is 12.8 Å². The molecule has 1 nitrogen and oxygen atoms in total. The summed E-state index contributed by atoms with van der Waals surface area (Å²) in [6, 6.07) is 0. The number of allylic oxidation sites excluding steroid dienone is 1. The number of unbranched alkanes of at least 4 members (excludes halogenated alkanes) is 6. The Labute approximate surface area is 133 Å². The van der Waals surface area contributed by atoms with Crippen molar-refractivity contribution in [1.82, 2.24) is 0 Å². The molecule has 0 aromatic heterocycles. The van der Waals surface area contributed by atoms with Crippen LogP contribution in [0.2, 0.25) is 0 Å². The lowest BCUT2D eigenvalue weighted by Crippen LogP contribution is -2.61. The van der Waals surface area contributed by atoms with Gasteiger partial charge in [-0.15, -0.1) is 6.58 Å². The van der Waals surface area contributed by atoms with Crippen LogP contribution in [0.15, 0.2) is 12.7 Å². The summed E-state index contributed by atoms with van der Waals surface area (Å²) in [5.41, 5.74) is 0. The molecule has 24 heavy (non-hydrogen) atoms. The zero-order valence-corrected chi connectivity index (χ0v) is 12.8. The van der Waals surface area contributed by atoms with Crippen LogP contribution >= 0.6 is 0 Å². The molecule has 0 aromatic carbocycles. The van der Waals surface area contributed by atoms with E-state index in [2.05, 4.69) is 11.3 Å². The average molecular weight is 374 g/mol. The molecule has 0 aromatic rings. The van der Waals surface area contributed by atoms with E-state index in [-0.39, 0.29) is 6.42 Å². The van der Waals surface area contributed by atoms with Crippen LogP contribution in [0.25, 0.3) is 0 Å². The Bertz CT molecular complexity index is 377. The van der Waals surface area contributed by atoms with E-state index >= 15 is 0 Å². The first kappa shape index (κ1) is 23.1. The van der Waals surface area contributed by atoms with Crippen LogP contribution in [0.3, 0.4) is 0 Å². The molecule has 10 heteroatoms. The summed E-state index contributed by atoms with van der Waals surface area (Å²) in [5, 5.41) is 0. The van der Waals surface area contributed by atoms with E-state index < -0.39 is 30.7 Å². The predicted octanol–water partition coefficient (Wildman–Crippen LogP) is 6.35. The maximum Gasteiger partial charge on any atom is 0.460 e. The van der Waals surface area contributed by atoms with E-state index in [1.54, 1.807) is 6.08 Å².